The number of esters is 2. The Hall–Kier alpha value is -2.22. The molecule has 0 aromatic rings. The third-order valence-corrected chi connectivity index (χ3v) is 9.82. The van der Waals surface area contributed by atoms with E-state index in [2.05, 4.69) is 64.6 Å². The van der Waals surface area contributed by atoms with Gasteiger partial charge in [-0.1, -0.05) is 106 Å². The highest BCUT2D eigenvalue weighted by molar-refractivity contribution is 7.47. The van der Waals surface area contributed by atoms with E-state index >= 15 is 0 Å². The highest BCUT2D eigenvalue weighted by atomic mass is 31.2. The van der Waals surface area contributed by atoms with Crippen LogP contribution in [0.2, 0.25) is 0 Å². The molecule has 0 saturated carbocycles. The summed E-state index contributed by atoms with van der Waals surface area (Å²) in [6.45, 7) is 1.20. The van der Waals surface area contributed by atoms with Gasteiger partial charge in [0, 0.05) is 12.8 Å². The molecule has 58 heavy (non-hydrogen) atoms. The van der Waals surface area contributed by atoms with Crippen molar-refractivity contribution in [3.05, 3.63) is 60.8 Å². The number of allylic oxidation sites excluding steroid dienone is 10. The molecule has 0 aromatic heterocycles. The number of phosphoric ester groups is 2. The maximum atomic E-state index is 12.6. The lowest BCUT2D eigenvalue weighted by atomic mass is 10.1. The Morgan fingerprint density at radius 3 is 1.60 bits per heavy atom. The molecule has 0 aliphatic rings. The van der Waals surface area contributed by atoms with E-state index in [1.807, 2.05) is 12.2 Å². The van der Waals surface area contributed by atoms with E-state index in [0.29, 0.717) is 19.3 Å². The number of phosphoric acid groups is 2. The molecule has 0 radical (unpaired) electrons. The van der Waals surface area contributed by atoms with Crippen LogP contribution in [0.5, 0.6) is 0 Å². The van der Waals surface area contributed by atoms with Crippen LogP contribution < -0.4 is 0 Å². The van der Waals surface area contributed by atoms with E-state index in [1.54, 1.807) is 6.92 Å². The smallest absolute Gasteiger partial charge is 0.462 e. The minimum absolute atomic E-state index is 0.0399. The zero-order valence-electron chi connectivity index (χ0n) is 35.0. The summed E-state index contributed by atoms with van der Waals surface area (Å²) < 4.78 is 47.6. The molecule has 16 heteroatoms. The molecule has 0 amide bonds. The summed E-state index contributed by atoms with van der Waals surface area (Å²) in [6, 6.07) is 0. The standard InChI is InChI=1S/C42H74O14P2/c1-3-4-5-6-7-8-9-13-17-20-23-26-29-32-41(45)52-36-40(37-55-58(50,51)54-35-39(44)34-53-57(47,48)49)56-42(46)33-30-27-24-21-18-15-12-10-11-14-16-19-22-25-28-31-38(2)43/h8-9,11-12,14-15,19,21-22,24,38-40,43-44H,3-7,10,13,16-18,20,23,25-37H2,1-2H3,(H,50,51)(H2,47,48,49)/b9-8-,14-11-,15-12-,22-19-,24-21-/t38-,39-,40+/m0/s1. The lowest BCUT2D eigenvalue weighted by molar-refractivity contribution is -0.161. The maximum Gasteiger partial charge on any atom is 0.472 e. The van der Waals surface area contributed by atoms with Crippen molar-refractivity contribution in [3.8, 4) is 0 Å². The molecule has 0 bridgehead atoms. The van der Waals surface area contributed by atoms with E-state index in [-0.39, 0.29) is 18.9 Å². The molecule has 0 fully saturated rings. The maximum absolute atomic E-state index is 12.6. The average Bonchev–Trinajstić information content (AvgIpc) is 3.16. The van der Waals surface area contributed by atoms with E-state index in [9.17, 15) is 33.8 Å². The number of hydrogen-bond donors (Lipinski definition) is 5. The minimum atomic E-state index is -4.87. The molecule has 5 N–H and O–H groups in total. The molecule has 0 heterocycles. The molecule has 4 atom stereocenters. The summed E-state index contributed by atoms with van der Waals surface area (Å²) >= 11 is 0. The van der Waals surface area contributed by atoms with E-state index in [4.69, 9.17) is 23.8 Å². The van der Waals surface area contributed by atoms with Crippen molar-refractivity contribution in [2.75, 3.05) is 26.4 Å². The van der Waals surface area contributed by atoms with Gasteiger partial charge in [0.2, 0.25) is 0 Å². The fourth-order valence-electron chi connectivity index (χ4n) is 5.18. The number of hydrogen-bond acceptors (Lipinski definition) is 11. The van der Waals surface area contributed by atoms with Gasteiger partial charge in [-0.3, -0.25) is 23.2 Å². The van der Waals surface area contributed by atoms with Gasteiger partial charge >= 0.3 is 27.6 Å². The summed E-state index contributed by atoms with van der Waals surface area (Å²) in [5.41, 5.74) is 0. The molecule has 0 aliphatic heterocycles. The Morgan fingerprint density at radius 2 is 1.02 bits per heavy atom. The SMILES string of the molecule is CCCCCC/C=C\CCCCCCCC(=O)OC[C@H](COP(=O)(O)OC[C@@H](O)COP(=O)(O)O)OC(=O)CCC/C=C\C/C=C\C/C=C\C/C=C\CCC[C@H](C)O. The zero-order chi connectivity index (χ0) is 43.2. The number of ether oxygens (including phenoxy) is 2. The fourth-order valence-corrected chi connectivity index (χ4v) is 6.33. The van der Waals surface area contributed by atoms with Crippen molar-refractivity contribution >= 4 is 27.6 Å². The van der Waals surface area contributed by atoms with Gasteiger partial charge in [0.1, 0.15) is 12.7 Å². The van der Waals surface area contributed by atoms with Crippen LogP contribution in [-0.4, -0.2) is 81.6 Å². The predicted molar refractivity (Wildman–Crippen MR) is 227 cm³/mol. The third-order valence-electron chi connectivity index (χ3n) is 8.39. The van der Waals surface area contributed by atoms with E-state index in [0.717, 1.165) is 77.0 Å². The van der Waals surface area contributed by atoms with Crippen LogP contribution in [-0.2, 0) is 41.8 Å². The van der Waals surface area contributed by atoms with Crippen molar-refractivity contribution in [3.63, 3.8) is 0 Å². The van der Waals surface area contributed by atoms with Crippen LogP contribution in [0, 0.1) is 0 Å². The zero-order valence-corrected chi connectivity index (χ0v) is 36.8. The number of aliphatic hydroxyl groups is 2. The third kappa shape index (κ3) is 41.9. The average molecular weight is 865 g/mol. The first-order valence-electron chi connectivity index (χ1n) is 21.0. The number of aliphatic hydroxyl groups excluding tert-OH is 2. The second-order valence-corrected chi connectivity index (χ2v) is 16.9. The normalized spacial score (nSPS) is 15.2. The van der Waals surface area contributed by atoms with Gasteiger partial charge in [-0.15, -0.1) is 0 Å². The number of unbranched alkanes of at least 4 members (excludes halogenated alkanes) is 11. The van der Waals surface area contributed by atoms with Gasteiger partial charge in [0.15, 0.2) is 6.10 Å². The van der Waals surface area contributed by atoms with Crippen molar-refractivity contribution < 1.29 is 66.7 Å². The number of rotatable bonds is 39. The van der Waals surface area contributed by atoms with Gasteiger partial charge in [-0.05, 0) is 90.4 Å². The Labute approximate surface area is 347 Å². The summed E-state index contributed by atoms with van der Waals surface area (Å²) in [5, 5.41) is 19.0. The number of carbonyl (C=O) groups excluding carboxylic acids is 2. The van der Waals surface area contributed by atoms with Gasteiger partial charge in [-0.2, -0.15) is 0 Å². The number of carbonyl (C=O) groups is 2. The van der Waals surface area contributed by atoms with Crippen molar-refractivity contribution in [1.82, 2.24) is 0 Å². The topological polar surface area (TPSA) is 216 Å². The summed E-state index contributed by atoms with van der Waals surface area (Å²) in [5.74, 6) is -1.13. The van der Waals surface area contributed by atoms with Crippen LogP contribution >= 0.6 is 15.6 Å². The van der Waals surface area contributed by atoms with Crippen LogP contribution in [0.1, 0.15) is 149 Å². The molecule has 0 spiro atoms. The fraction of sp³-hybridized carbons (Fsp3) is 0.714. The highest BCUT2D eigenvalue weighted by Crippen LogP contribution is 2.43. The minimum Gasteiger partial charge on any atom is -0.462 e. The summed E-state index contributed by atoms with van der Waals surface area (Å²) in [6.07, 6.45) is 36.4. The molecule has 0 aliphatic carbocycles. The Bertz CT molecular complexity index is 1270. The second-order valence-electron chi connectivity index (χ2n) is 14.2. The monoisotopic (exact) mass is 864 g/mol. The largest absolute Gasteiger partial charge is 0.472 e. The molecule has 1 unspecified atom stereocenters. The van der Waals surface area contributed by atoms with Gasteiger partial charge in [-0.25, -0.2) is 9.13 Å². The molecular formula is C42H74O14P2. The van der Waals surface area contributed by atoms with Crippen LogP contribution in [0.15, 0.2) is 60.8 Å². The summed E-state index contributed by atoms with van der Waals surface area (Å²) in [7, 11) is -9.70. The van der Waals surface area contributed by atoms with Gasteiger partial charge in [0.25, 0.3) is 0 Å². The lowest BCUT2D eigenvalue weighted by Gasteiger charge is -2.20. The van der Waals surface area contributed by atoms with E-state index in [1.165, 1.54) is 25.7 Å². The van der Waals surface area contributed by atoms with Crippen LogP contribution in [0.3, 0.4) is 0 Å². The van der Waals surface area contributed by atoms with Crippen molar-refractivity contribution in [2.45, 2.75) is 167 Å². The van der Waals surface area contributed by atoms with Gasteiger partial charge < -0.3 is 34.4 Å². The van der Waals surface area contributed by atoms with Crippen molar-refractivity contribution in [1.29, 1.82) is 0 Å². The van der Waals surface area contributed by atoms with Gasteiger partial charge in [0.05, 0.1) is 25.9 Å². The lowest BCUT2D eigenvalue weighted by Crippen LogP contribution is -2.29. The Balaban J connectivity index is 4.66. The molecule has 14 nitrogen and oxygen atoms in total. The molecule has 0 aromatic carbocycles. The first-order valence-corrected chi connectivity index (χ1v) is 24.0. The Morgan fingerprint density at radius 1 is 0.552 bits per heavy atom. The van der Waals surface area contributed by atoms with Crippen LogP contribution in [0.25, 0.3) is 0 Å². The first-order chi connectivity index (χ1) is 27.7. The second kappa shape index (κ2) is 37.8. The van der Waals surface area contributed by atoms with E-state index < -0.39 is 66.2 Å². The molecule has 336 valence electrons. The van der Waals surface area contributed by atoms with Crippen LogP contribution in [0.4, 0.5) is 0 Å². The molecule has 0 rings (SSSR count). The van der Waals surface area contributed by atoms with Crippen molar-refractivity contribution in [2.24, 2.45) is 0 Å². The highest BCUT2D eigenvalue weighted by Gasteiger charge is 2.28. The quantitative estimate of drug-likeness (QED) is 0.0168. The molecule has 0 saturated heterocycles. The summed E-state index contributed by atoms with van der Waals surface area (Å²) in [4.78, 5) is 52.6. The molecular weight excluding hydrogens is 790 g/mol. The predicted octanol–water partition coefficient (Wildman–Crippen LogP) is 9.42. The first kappa shape index (κ1) is 55.8. The Kier molecular flexibility index (Phi) is 36.3.